The zero-order valence-corrected chi connectivity index (χ0v) is 12.5. The van der Waals surface area contributed by atoms with E-state index in [1.54, 1.807) is 12.1 Å². The molecule has 1 aromatic carbocycles. The number of nitrogens with zero attached hydrogens (tertiary/aromatic N) is 3. The number of likely N-dealkylation sites (N-methyl/N-ethyl adjacent to an activating group) is 2. The SMILES string of the molecule is CN1CCCC(N(C)CC(=O)c2cccc([N+](=O)[O-])c2)C1. The minimum atomic E-state index is -0.476. The summed E-state index contributed by atoms with van der Waals surface area (Å²) in [4.78, 5) is 26.9. The highest BCUT2D eigenvalue weighted by molar-refractivity contribution is 5.98. The number of likely N-dealkylation sites (tertiary alicyclic amines) is 1. The van der Waals surface area contributed by atoms with Crippen LogP contribution in [0.5, 0.6) is 0 Å². The average Bonchev–Trinajstić information content (AvgIpc) is 2.47. The second-order valence-corrected chi connectivity index (χ2v) is 5.70. The van der Waals surface area contributed by atoms with Crippen molar-refractivity contribution < 1.29 is 9.72 Å². The molecule has 1 aliphatic rings. The fourth-order valence-corrected chi connectivity index (χ4v) is 2.74. The fourth-order valence-electron chi connectivity index (χ4n) is 2.74. The largest absolute Gasteiger partial charge is 0.305 e. The fraction of sp³-hybridized carbons (Fsp3) is 0.533. The van der Waals surface area contributed by atoms with Gasteiger partial charge in [0.2, 0.25) is 0 Å². The molecule has 0 amide bonds. The molecule has 6 nitrogen and oxygen atoms in total. The number of piperidine rings is 1. The molecule has 1 heterocycles. The summed E-state index contributed by atoms with van der Waals surface area (Å²) in [5.41, 5.74) is 0.362. The molecule has 1 fully saturated rings. The van der Waals surface area contributed by atoms with E-state index in [0.29, 0.717) is 18.2 Å². The summed E-state index contributed by atoms with van der Waals surface area (Å²) < 4.78 is 0. The van der Waals surface area contributed by atoms with Crippen LogP contribution in [0, 0.1) is 10.1 Å². The van der Waals surface area contributed by atoms with E-state index < -0.39 is 4.92 Å². The van der Waals surface area contributed by atoms with Crippen LogP contribution in [0.1, 0.15) is 23.2 Å². The number of hydrogen-bond acceptors (Lipinski definition) is 5. The monoisotopic (exact) mass is 291 g/mol. The quantitative estimate of drug-likeness (QED) is 0.470. The van der Waals surface area contributed by atoms with Gasteiger partial charge >= 0.3 is 0 Å². The van der Waals surface area contributed by atoms with E-state index in [1.165, 1.54) is 12.1 Å². The van der Waals surface area contributed by atoms with E-state index in [0.717, 1.165) is 25.9 Å². The van der Waals surface area contributed by atoms with Crippen molar-refractivity contribution in [2.45, 2.75) is 18.9 Å². The third-order valence-corrected chi connectivity index (χ3v) is 3.99. The van der Waals surface area contributed by atoms with Gasteiger partial charge in [0.05, 0.1) is 11.5 Å². The molecule has 2 rings (SSSR count). The Kier molecular flexibility index (Phi) is 5.03. The van der Waals surface area contributed by atoms with Gasteiger partial charge < -0.3 is 4.90 Å². The Bertz CT molecular complexity index is 533. The lowest BCUT2D eigenvalue weighted by molar-refractivity contribution is -0.384. The van der Waals surface area contributed by atoms with Gasteiger partial charge in [0.1, 0.15) is 0 Å². The van der Waals surface area contributed by atoms with Crippen molar-refractivity contribution in [3.8, 4) is 0 Å². The number of nitro benzene ring substituents is 1. The summed E-state index contributed by atoms with van der Waals surface area (Å²) in [7, 11) is 4.03. The third-order valence-electron chi connectivity index (χ3n) is 3.99. The van der Waals surface area contributed by atoms with E-state index in [-0.39, 0.29) is 11.5 Å². The molecule has 0 radical (unpaired) electrons. The minimum absolute atomic E-state index is 0.0408. The number of ketones is 1. The maximum atomic E-state index is 12.3. The predicted molar refractivity (Wildman–Crippen MR) is 80.6 cm³/mol. The number of nitro groups is 1. The Morgan fingerprint density at radius 3 is 2.95 bits per heavy atom. The van der Waals surface area contributed by atoms with Crippen LogP contribution in [0.3, 0.4) is 0 Å². The molecular formula is C15H21N3O3. The van der Waals surface area contributed by atoms with Crippen LogP contribution in [0.2, 0.25) is 0 Å². The van der Waals surface area contributed by atoms with Gasteiger partial charge in [-0.1, -0.05) is 12.1 Å². The molecule has 0 spiro atoms. The zero-order valence-electron chi connectivity index (χ0n) is 12.5. The molecule has 0 saturated carbocycles. The molecule has 21 heavy (non-hydrogen) atoms. The minimum Gasteiger partial charge on any atom is -0.305 e. The Morgan fingerprint density at radius 1 is 1.52 bits per heavy atom. The summed E-state index contributed by atoms with van der Waals surface area (Å²) in [6, 6.07) is 6.31. The van der Waals surface area contributed by atoms with E-state index in [9.17, 15) is 14.9 Å². The van der Waals surface area contributed by atoms with Crippen LogP contribution in [-0.4, -0.2) is 60.3 Å². The number of benzene rings is 1. The maximum absolute atomic E-state index is 12.3. The van der Waals surface area contributed by atoms with Crippen molar-refractivity contribution in [3.05, 3.63) is 39.9 Å². The number of rotatable bonds is 5. The molecule has 1 atom stereocenters. The van der Waals surface area contributed by atoms with Crippen molar-refractivity contribution in [2.75, 3.05) is 33.7 Å². The first kappa shape index (κ1) is 15.6. The molecule has 114 valence electrons. The second-order valence-electron chi connectivity index (χ2n) is 5.70. The Balaban J connectivity index is 2.00. The molecule has 6 heteroatoms. The third kappa shape index (κ3) is 4.09. The summed E-state index contributed by atoms with van der Waals surface area (Å²) in [5, 5.41) is 10.8. The van der Waals surface area contributed by atoms with Crippen molar-refractivity contribution in [1.29, 1.82) is 0 Å². The van der Waals surface area contributed by atoms with Crippen LogP contribution in [-0.2, 0) is 0 Å². The first-order valence-electron chi connectivity index (χ1n) is 7.14. The Labute approximate surface area is 124 Å². The van der Waals surface area contributed by atoms with Gasteiger partial charge in [-0.05, 0) is 33.5 Å². The molecule has 1 aliphatic heterocycles. The Hall–Kier alpha value is -1.79. The van der Waals surface area contributed by atoms with E-state index in [1.807, 2.05) is 7.05 Å². The van der Waals surface area contributed by atoms with Crippen molar-refractivity contribution in [2.24, 2.45) is 0 Å². The van der Waals surface area contributed by atoms with Crippen LogP contribution in [0.25, 0.3) is 0 Å². The lowest BCUT2D eigenvalue weighted by Gasteiger charge is -2.35. The maximum Gasteiger partial charge on any atom is 0.270 e. The summed E-state index contributed by atoms with van der Waals surface area (Å²) >= 11 is 0. The molecule has 1 unspecified atom stereocenters. The number of non-ortho nitro benzene ring substituents is 1. The van der Waals surface area contributed by atoms with Gasteiger partial charge in [-0.3, -0.25) is 19.8 Å². The lowest BCUT2D eigenvalue weighted by atomic mass is 10.0. The van der Waals surface area contributed by atoms with Crippen molar-refractivity contribution in [3.63, 3.8) is 0 Å². The first-order chi connectivity index (χ1) is 9.97. The zero-order chi connectivity index (χ0) is 15.4. The summed E-state index contributed by atoms with van der Waals surface area (Å²) in [6.45, 7) is 2.35. The standard InChI is InChI=1S/C15H21N3O3/c1-16-8-4-7-14(10-16)17(2)11-15(19)12-5-3-6-13(9-12)18(20)21/h3,5-6,9,14H,4,7-8,10-11H2,1-2H3. The van der Waals surface area contributed by atoms with Crippen LogP contribution in [0.15, 0.2) is 24.3 Å². The van der Waals surface area contributed by atoms with Gasteiger partial charge in [0.15, 0.2) is 5.78 Å². The van der Waals surface area contributed by atoms with Crippen LogP contribution >= 0.6 is 0 Å². The van der Waals surface area contributed by atoms with Crippen molar-refractivity contribution in [1.82, 2.24) is 9.80 Å². The van der Waals surface area contributed by atoms with Gasteiger partial charge in [-0.25, -0.2) is 0 Å². The molecule has 0 aliphatic carbocycles. The smallest absolute Gasteiger partial charge is 0.270 e. The van der Waals surface area contributed by atoms with E-state index in [4.69, 9.17) is 0 Å². The molecular weight excluding hydrogens is 270 g/mol. The summed E-state index contributed by atoms with van der Waals surface area (Å²) in [6.07, 6.45) is 2.22. The molecule has 1 aromatic rings. The molecule has 0 aromatic heterocycles. The van der Waals surface area contributed by atoms with E-state index >= 15 is 0 Å². The number of carbonyl (C=O) groups is 1. The van der Waals surface area contributed by atoms with Gasteiger partial charge in [-0.2, -0.15) is 0 Å². The Morgan fingerprint density at radius 2 is 2.29 bits per heavy atom. The number of hydrogen-bond donors (Lipinski definition) is 0. The molecule has 0 bridgehead atoms. The summed E-state index contributed by atoms with van der Waals surface area (Å²) in [5.74, 6) is -0.0746. The normalized spacial score (nSPS) is 19.7. The second kappa shape index (κ2) is 6.78. The highest BCUT2D eigenvalue weighted by Crippen LogP contribution is 2.16. The van der Waals surface area contributed by atoms with Crippen LogP contribution in [0.4, 0.5) is 5.69 Å². The highest BCUT2D eigenvalue weighted by Gasteiger charge is 2.23. The van der Waals surface area contributed by atoms with Crippen molar-refractivity contribution >= 4 is 11.5 Å². The number of Topliss-reactive ketones (excluding diaryl/α,β-unsaturated/α-hetero) is 1. The van der Waals surface area contributed by atoms with Crippen LogP contribution < -0.4 is 0 Å². The number of carbonyl (C=O) groups excluding carboxylic acids is 1. The highest BCUT2D eigenvalue weighted by atomic mass is 16.6. The molecule has 1 saturated heterocycles. The van der Waals surface area contributed by atoms with Gasteiger partial charge in [-0.15, -0.1) is 0 Å². The lowest BCUT2D eigenvalue weighted by Crippen LogP contribution is -2.46. The van der Waals surface area contributed by atoms with E-state index in [2.05, 4.69) is 16.8 Å². The van der Waals surface area contributed by atoms with Gasteiger partial charge in [0.25, 0.3) is 5.69 Å². The topological polar surface area (TPSA) is 66.7 Å². The average molecular weight is 291 g/mol. The predicted octanol–water partition coefficient (Wildman–Crippen LogP) is 1.80. The van der Waals surface area contributed by atoms with Gasteiger partial charge in [0, 0.05) is 30.3 Å². The first-order valence-corrected chi connectivity index (χ1v) is 7.14. The molecule has 0 N–H and O–H groups in total.